The highest BCUT2D eigenvalue weighted by Crippen LogP contribution is 1.83. The summed E-state index contributed by atoms with van der Waals surface area (Å²) in [4.78, 5) is 41.0. The van der Waals surface area contributed by atoms with Crippen molar-refractivity contribution in [2.45, 2.75) is 12.8 Å². The van der Waals surface area contributed by atoms with Crippen LogP contribution in [0.4, 0.5) is 0 Å². The van der Waals surface area contributed by atoms with Crippen LogP contribution in [-0.2, 0) is 14.3 Å². The van der Waals surface area contributed by atoms with Gasteiger partial charge in [-0.1, -0.05) is 0 Å². The van der Waals surface area contributed by atoms with Gasteiger partial charge < -0.3 is 15.4 Å². The van der Waals surface area contributed by atoms with E-state index in [9.17, 15) is 29.8 Å². The molecule has 0 spiro atoms. The zero-order valence-corrected chi connectivity index (χ0v) is 11.4. The molecule has 0 aromatic carbocycles. The average Bonchev–Trinajstić information content (AvgIpc) is 2.41. The Balaban J connectivity index is 3.36. The van der Waals surface area contributed by atoms with Gasteiger partial charge in [-0.15, -0.1) is 0 Å². The molecule has 0 saturated heterocycles. The van der Waals surface area contributed by atoms with Crippen molar-refractivity contribution in [3.63, 3.8) is 0 Å². The van der Waals surface area contributed by atoms with Gasteiger partial charge in [0, 0.05) is 22.9 Å². The Hall–Kier alpha value is -2.30. The van der Waals surface area contributed by atoms with Crippen molar-refractivity contribution in [3.8, 4) is 0 Å². The standard InChI is InChI=1S/C10H18N4O7/c15-9(1-5-13(17)18)11-3-7-21-8-4-12-10(16)2-6-14(19)20/h1-8H2,(H,11,15)(H,12,16). The minimum absolute atomic E-state index is 0.181. The molecule has 2 N–H and O–H groups in total. The summed E-state index contributed by atoms with van der Waals surface area (Å²) < 4.78 is 5.09. The molecular weight excluding hydrogens is 288 g/mol. The van der Waals surface area contributed by atoms with Crippen molar-refractivity contribution in [1.29, 1.82) is 0 Å². The lowest BCUT2D eigenvalue weighted by Gasteiger charge is -2.06. The minimum Gasteiger partial charge on any atom is -0.378 e. The van der Waals surface area contributed by atoms with Crippen LogP contribution >= 0.6 is 0 Å². The van der Waals surface area contributed by atoms with E-state index in [-0.39, 0.29) is 39.1 Å². The summed E-state index contributed by atoms with van der Waals surface area (Å²) in [7, 11) is 0. The summed E-state index contributed by atoms with van der Waals surface area (Å²) >= 11 is 0. The predicted octanol–water partition coefficient (Wildman–Crippen LogP) is -1.43. The second-order valence-electron chi connectivity index (χ2n) is 3.92. The molecule has 0 aliphatic carbocycles. The molecule has 0 heterocycles. The summed E-state index contributed by atoms with van der Waals surface area (Å²) in [5.41, 5.74) is 0. The lowest BCUT2D eigenvalue weighted by atomic mass is 10.4. The third kappa shape index (κ3) is 13.9. The average molecular weight is 306 g/mol. The summed E-state index contributed by atoms with van der Waals surface area (Å²) in [6, 6.07) is 0. The first-order valence-electron chi connectivity index (χ1n) is 6.26. The van der Waals surface area contributed by atoms with E-state index < -0.39 is 34.8 Å². The van der Waals surface area contributed by atoms with E-state index in [1.165, 1.54) is 0 Å². The largest absolute Gasteiger partial charge is 0.378 e. The summed E-state index contributed by atoms with van der Waals surface area (Å²) in [6.07, 6.45) is -0.362. The van der Waals surface area contributed by atoms with E-state index in [0.717, 1.165) is 0 Å². The van der Waals surface area contributed by atoms with E-state index in [1.807, 2.05) is 0 Å². The normalized spacial score (nSPS) is 9.90. The number of rotatable bonds is 12. The summed E-state index contributed by atoms with van der Waals surface area (Å²) in [5, 5.41) is 24.9. The number of amides is 2. The summed E-state index contributed by atoms with van der Waals surface area (Å²) in [6.45, 7) is 0.00726. The summed E-state index contributed by atoms with van der Waals surface area (Å²) in [5.74, 6) is -0.855. The van der Waals surface area contributed by atoms with Crippen molar-refractivity contribution in [2.75, 3.05) is 39.4 Å². The van der Waals surface area contributed by atoms with Crippen molar-refractivity contribution in [2.24, 2.45) is 0 Å². The molecule has 0 unspecified atom stereocenters. The fourth-order valence-electron chi connectivity index (χ4n) is 1.19. The Bertz CT molecular complexity index is 340. The number of nitro groups is 2. The highest BCUT2D eigenvalue weighted by molar-refractivity contribution is 5.76. The monoisotopic (exact) mass is 306 g/mol. The topological polar surface area (TPSA) is 154 Å². The van der Waals surface area contributed by atoms with Gasteiger partial charge in [-0.25, -0.2) is 0 Å². The molecule has 120 valence electrons. The van der Waals surface area contributed by atoms with Crippen LogP contribution in [-0.4, -0.2) is 61.1 Å². The van der Waals surface area contributed by atoms with Crippen LogP contribution < -0.4 is 10.6 Å². The number of carbonyl (C=O) groups excluding carboxylic acids is 2. The lowest BCUT2D eigenvalue weighted by molar-refractivity contribution is -0.478. The van der Waals surface area contributed by atoms with Crippen molar-refractivity contribution >= 4 is 11.8 Å². The molecule has 0 radical (unpaired) electrons. The molecule has 0 atom stereocenters. The molecule has 0 fully saturated rings. The van der Waals surface area contributed by atoms with Gasteiger partial charge in [0.05, 0.1) is 26.1 Å². The van der Waals surface area contributed by atoms with Gasteiger partial charge in [0.2, 0.25) is 24.9 Å². The highest BCUT2D eigenvalue weighted by atomic mass is 16.6. The van der Waals surface area contributed by atoms with Crippen LogP contribution in [0.2, 0.25) is 0 Å². The van der Waals surface area contributed by atoms with Gasteiger partial charge >= 0.3 is 0 Å². The molecule has 0 aliphatic heterocycles. The number of nitrogens with zero attached hydrogens (tertiary/aromatic N) is 2. The van der Waals surface area contributed by atoms with Crippen molar-refractivity contribution < 1.29 is 24.2 Å². The van der Waals surface area contributed by atoms with E-state index >= 15 is 0 Å². The van der Waals surface area contributed by atoms with Crippen molar-refractivity contribution in [3.05, 3.63) is 20.2 Å². The lowest BCUT2D eigenvalue weighted by Crippen LogP contribution is -2.31. The first-order chi connectivity index (χ1) is 9.91. The number of nitrogens with one attached hydrogen (secondary N) is 2. The Morgan fingerprint density at radius 3 is 1.57 bits per heavy atom. The molecule has 11 heteroatoms. The Morgan fingerprint density at radius 2 is 1.24 bits per heavy atom. The van der Waals surface area contributed by atoms with Crippen LogP contribution in [0.25, 0.3) is 0 Å². The molecule has 11 nitrogen and oxygen atoms in total. The highest BCUT2D eigenvalue weighted by Gasteiger charge is 2.06. The Labute approximate surface area is 120 Å². The Kier molecular flexibility index (Phi) is 10.3. The van der Waals surface area contributed by atoms with Crippen LogP contribution in [0.15, 0.2) is 0 Å². The van der Waals surface area contributed by atoms with Gasteiger partial charge in [0.15, 0.2) is 0 Å². The molecule has 0 saturated carbocycles. The maximum absolute atomic E-state index is 11.1. The maximum Gasteiger partial charge on any atom is 0.226 e. The fourth-order valence-corrected chi connectivity index (χ4v) is 1.19. The van der Waals surface area contributed by atoms with Gasteiger partial charge in [0.25, 0.3) is 0 Å². The Morgan fingerprint density at radius 1 is 0.857 bits per heavy atom. The van der Waals surface area contributed by atoms with Crippen molar-refractivity contribution in [1.82, 2.24) is 10.6 Å². The van der Waals surface area contributed by atoms with E-state index in [1.54, 1.807) is 0 Å². The SMILES string of the molecule is O=C(CC[N+](=O)[O-])NCCOCCNC(=O)CC[N+](=O)[O-]. The number of carbonyl (C=O) groups is 2. The number of hydrogen-bond acceptors (Lipinski definition) is 7. The molecule has 2 amide bonds. The molecule has 0 aliphatic rings. The quantitative estimate of drug-likeness (QED) is 0.254. The zero-order valence-electron chi connectivity index (χ0n) is 11.4. The molecule has 0 bridgehead atoms. The second kappa shape index (κ2) is 11.5. The van der Waals surface area contributed by atoms with Crippen LogP contribution in [0, 0.1) is 20.2 Å². The fraction of sp³-hybridized carbons (Fsp3) is 0.800. The number of hydrogen-bond donors (Lipinski definition) is 2. The zero-order chi connectivity index (χ0) is 16.1. The van der Waals surface area contributed by atoms with E-state index in [4.69, 9.17) is 4.74 Å². The molecule has 0 aromatic heterocycles. The molecule has 21 heavy (non-hydrogen) atoms. The third-order valence-corrected chi connectivity index (χ3v) is 2.18. The second-order valence-corrected chi connectivity index (χ2v) is 3.92. The first kappa shape index (κ1) is 18.7. The molecule has 0 aromatic rings. The first-order valence-corrected chi connectivity index (χ1v) is 6.26. The maximum atomic E-state index is 11.1. The van der Waals surface area contributed by atoms with E-state index in [2.05, 4.69) is 10.6 Å². The van der Waals surface area contributed by atoms with Crippen LogP contribution in [0.5, 0.6) is 0 Å². The third-order valence-electron chi connectivity index (χ3n) is 2.18. The van der Waals surface area contributed by atoms with Gasteiger partial charge in [-0.05, 0) is 0 Å². The van der Waals surface area contributed by atoms with Crippen LogP contribution in [0.1, 0.15) is 12.8 Å². The van der Waals surface area contributed by atoms with Gasteiger partial charge in [-0.3, -0.25) is 29.8 Å². The molecular formula is C10H18N4O7. The van der Waals surface area contributed by atoms with Crippen LogP contribution in [0.3, 0.4) is 0 Å². The van der Waals surface area contributed by atoms with Gasteiger partial charge in [-0.2, -0.15) is 0 Å². The van der Waals surface area contributed by atoms with E-state index in [0.29, 0.717) is 0 Å². The predicted molar refractivity (Wildman–Crippen MR) is 69.8 cm³/mol. The smallest absolute Gasteiger partial charge is 0.226 e. The molecule has 0 rings (SSSR count). The number of ether oxygens (including phenoxy) is 1. The minimum atomic E-state index is -0.572. The van der Waals surface area contributed by atoms with Gasteiger partial charge in [0.1, 0.15) is 0 Å².